The third-order valence-corrected chi connectivity index (χ3v) is 8.71. The summed E-state index contributed by atoms with van der Waals surface area (Å²) in [6.45, 7) is 0.396. The zero-order chi connectivity index (χ0) is 30.2. The average molecular weight is 594 g/mol. The Labute approximate surface area is 230 Å². The molecule has 224 valence electrons. The van der Waals surface area contributed by atoms with Crippen LogP contribution in [0.1, 0.15) is 31.2 Å². The summed E-state index contributed by atoms with van der Waals surface area (Å²) < 4.78 is 71.7. The maximum atomic E-state index is 14.0. The molecule has 2 bridgehead atoms. The fraction of sp³-hybridized carbons (Fsp3) is 0.560. The van der Waals surface area contributed by atoms with Gasteiger partial charge in [-0.3, -0.25) is 4.79 Å². The molecule has 3 atom stereocenters. The zero-order valence-electron chi connectivity index (χ0n) is 22.1. The van der Waals surface area contributed by atoms with Crippen LogP contribution in [0.4, 0.5) is 13.2 Å². The minimum absolute atomic E-state index is 0.0208. The molecule has 1 aromatic rings. The number of carboxylic acids is 2. The summed E-state index contributed by atoms with van der Waals surface area (Å²) in [5.41, 5.74) is 6.32. The molecule has 0 aromatic heterocycles. The van der Waals surface area contributed by atoms with Crippen molar-refractivity contribution in [1.29, 1.82) is 0 Å². The van der Waals surface area contributed by atoms with Gasteiger partial charge in [0.05, 0.1) is 6.61 Å². The SMILES string of the molecule is COCCN(C)S(=O)(=O)CC(=O)N1C2CCC1CC([C@H](N)Cc1cc(F)c(F)cc1F)C2.O=C(O)/C=C\C(=O)O. The number of nitrogens with zero attached hydrogens (tertiary/aromatic N) is 2. The van der Waals surface area contributed by atoms with Gasteiger partial charge < -0.3 is 25.6 Å². The first-order valence-corrected chi connectivity index (χ1v) is 14.0. The van der Waals surface area contributed by atoms with Gasteiger partial charge >= 0.3 is 11.9 Å². The van der Waals surface area contributed by atoms with E-state index in [1.54, 1.807) is 4.90 Å². The number of rotatable bonds is 11. The summed E-state index contributed by atoms with van der Waals surface area (Å²) in [6, 6.07) is 0.603. The number of benzene rings is 1. The molecule has 0 radical (unpaired) electrons. The third-order valence-electron chi connectivity index (χ3n) is 6.97. The van der Waals surface area contributed by atoms with Crippen LogP contribution in [0.15, 0.2) is 24.3 Å². The first kappa shape index (κ1) is 33.2. The van der Waals surface area contributed by atoms with E-state index in [1.165, 1.54) is 14.2 Å². The fourth-order valence-electron chi connectivity index (χ4n) is 4.96. The highest BCUT2D eigenvalue weighted by Gasteiger charge is 2.45. The Morgan fingerprint density at radius 1 is 1.07 bits per heavy atom. The second-order valence-corrected chi connectivity index (χ2v) is 11.8. The Morgan fingerprint density at radius 2 is 1.60 bits per heavy atom. The van der Waals surface area contributed by atoms with Gasteiger partial charge in [0.2, 0.25) is 15.9 Å². The molecule has 2 fully saturated rings. The lowest BCUT2D eigenvalue weighted by atomic mass is 9.82. The summed E-state index contributed by atoms with van der Waals surface area (Å²) in [4.78, 5) is 33.6. The first-order valence-electron chi connectivity index (χ1n) is 12.4. The lowest BCUT2D eigenvalue weighted by Gasteiger charge is -2.41. The maximum Gasteiger partial charge on any atom is 0.328 e. The van der Waals surface area contributed by atoms with Crippen LogP contribution in [0.3, 0.4) is 0 Å². The summed E-state index contributed by atoms with van der Waals surface area (Å²) in [7, 11) is -0.867. The number of carbonyl (C=O) groups is 3. The maximum absolute atomic E-state index is 14.0. The van der Waals surface area contributed by atoms with E-state index < -0.39 is 57.1 Å². The van der Waals surface area contributed by atoms with E-state index in [-0.39, 0.29) is 43.1 Å². The Morgan fingerprint density at radius 3 is 2.10 bits per heavy atom. The molecule has 15 heteroatoms. The second-order valence-electron chi connectivity index (χ2n) is 9.72. The van der Waals surface area contributed by atoms with Gasteiger partial charge in [0, 0.05) is 57.0 Å². The molecular formula is C25H34F3N3O8S. The molecule has 2 aliphatic heterocycles. The normalized spacial score (nSPS) is 21.3. The van der Waals surface area contributed by atoms with Crippen LogP contribution in [-0.4, -0.2) is 96.9 Å². The molecular weight excluding hydrogens is 559 g/mol. The van der Waals surface area contributed by atoms with E-state index in [1.807, 2.05) is 0 Å². The molecule has 4 N–H and O–H groups in total. The van der Waals surface area contributed by atoms with Gasteiger partial charge in [0.25, 0.3) is 0 Å². The highest BCUT2D eigenvalue weighted by Crippen LogP contribution is 2.40. The summed E-state index contributed by atoms with van der Waals surface area (Å²) in [5.74, 6) is -6.78. The number of amides is 1. The number of aliphatic carboxylic acids is 2. The summed E-state index contributed by atoms with van der Waals surface area (Å²) in [6.07, 6.45) is 3.80. The topological polar surface area (TPSA) is 168 Å². The van der Waals surface area contributed by atoms with Crippen molar-refractivity contribution in [2.75, 3.05) is 33.1 Å². The van der Waals surface area contributed by atoms with E-state index >= 15 is 0 Å². The van der Waals surface area contributed by atoms with Crippen molar-refractivity contribution in [2.45, 2.75) is 50.2 Å². The van der Waals surface area contributed by atoms with Gasteiger partial charge in [0.15, 0.2) is 11.6 Å². The minimum Gasteiger partial charge on any atom is -0.478 e. The van der Waals surface area contributed by atoms with E-state index in [0.717, 1.165) is 23.2 Å². The standard InChI is InChI=1S/C21H30F3N3O4S.C4H4O4/c1-26(5-6-31-2)32(29,30)12-21(28)27-15-3-4-16(27)8-14(7-15)20(25)10-13-9-18(23)19(24)11-17(13)22;5-3(6)1-2-4(7)8/h9,11,14-16,20H,3-8,10,12,25H2,1-2H3;1-2H,(H,5,6)(H,7,8)/b;2-1-/t14?,15?,16?,20-;/m1./s1. The lowest BCUT2D eigenvalue weighted by molar-refractivity contribution is -0.134. The number of hydrogen-bond acceptors (Lipinski definition) is 7. The number of carboxylic acid groups (broad SMARTS) is 2. The van der Waals surface area contributed by atoms with E-state index in [2.05, 4.69) is 0 Å². The highest BCUT2D eigenvalue weighted by atomic mass is 32.2. The van der Waals surface area contributed by atoms with Gasteiger partial charge in [-0.2, -0.15) is 0 Å². The number of hydrogen-bond donors (Lipinski definition) is 3. The monoisotopic (exact) mass is 593 g/mol. The predicted molar refractivity (Wildman–Crippen MR) is 137 cm³/mol. The molecule has 2 unspecified atom stereocenters. The Hall–Kier alpha value is -3.01. The molecule has 0 saturated carbocycles. The minimum atomic E-state index is -3.75. The third kappa shape index (κ3) is 9.28. The lowest BCUT2D eigenvalue weighted by Crippen LogP contribution is -2.52. The molecule has 3 rings (SSSR count). The van der Waals surface area contributed by atoms with E-state index in [9.17, 15) is 36.0 Å². The largest absolute Gasteiger partial charge is 0.478 e. The number of sulfonamides is 1. The van der Waals surface area contributed by atoms with Crippen LogP contribution in [0.2, 0.25) is 0 Å². The van der Waals surface area contributed by atoms with Crippen LogP contribution in [0.25, 0.3) is 0 Å². The molecule has 1 amide bonds. The van der Waals surface area contributed by atoms with Crippen molar-refractivity contribution in [3.8, 4) is 0 Å². The van der Waals surface area contributed by atoms with Crippen LogP contribution in [-0.2, 0) is 35.6 Å². The van der Waals surface area contributed by atoms with Crippen LogP contribution in [0, 0.1) is 23.4 Å². The smallest absolute Gasteiger partial charge is 0.328 e. The van der Waals surface area contributed by atoms with Gasteiger partial charge in [-0.1, -0.05) is 0 Å². The molecule has 1 aromatic carbocycles. The number of likely N-dealkylation sites (N-methyl/N-ethyl adjacent to an activating group) is 1. The highest BCUT2D eigenvalue weighted by molar-refractivity contribution is 7.89. The van der Waals surface area contributed by atoms with Gasteiger partial charge in [0.1, 0.15) is 11.6 Å². The molecule has 40 heavy (non-hydrogen) atoms. The first-order chi connectivity index (χ1) is 18.7. The predicted octanol–water partition coefficient (Wildman–Crippen LogP) is 1.36. The van der Waals surface area contributed by atoms with E-state index in [4.69, 9.17) is 20.7 Å². The van der Waals surface area contributed by atoms with Crippen molar-refractivity contribution < 1.29 is 50.9 Å². The molecule has 2 heterocycles. The zero-order valence-corrected chi connectivity index (χ0v) is 22.9. The second kappa shape index (κ2) is 14.6. The van der Waals surface area contributed by atoms with Crippen molar-refractivity contribution in [3.05, 3.63) is 47.3 Å². The molecule has 11 nitrogen and oxygen atoms in total. The fourth-order valence-corrected chi connectivity index (χ4v) is 5.99. The van der Waals surface area contributed by atoms with Gasteiger partial charge in [-0.25, -0.2) is 35.5 Å². The average Bonchev–Trinajstić information content (AvgIpc) is 3.14. The van der Waals surface area contributed by atoms with Crippen molar-refractivity contribution in [2.24, 2.45) is 11.7 Å². The number of methoxy groups -OCH3 is 1. The number of fused-ring (bicyclic) bond motifs is 2. The Kier molecular flexibility index (Phi) is 12.1. The summed E-state index contributed by atoms with van der Waals surface area (Å²) in [5, 5.41) is 15.6. The number of nitrogens with two attached hydrogens (primary N) is 1. The van der Waals surface area contributed by atoms with Gasteiger partial charge in [-0.05, 0) is 49.7 Å². The molecule has 2 aliphatic rings. The number of ether oxygens (including phenoxy) is 1. The number of piperidine rings is 1. The molecule has 2 saturated heterocycles. The van der Waals surface area contributed by atoms with Crippen LogP contribution in [0.5, 0.6) is 0 Å². The molecule has 0 aliphatic carbocycles. The number of halogens is 3. The summed E-state index contributed by atoms with van der Waals surface area (Å²) >= 11 is 0. The van der Waals surface area contributed by atoms with Crippen LogP contribution < -0.4 is 5.73 Å². The van der Waals surface area contributed by atoms with Crippen molar-refractivity contribution in [1.82, 2.24) is 9.21 Å². The molecule has 0 spiro atoms. The quantitative estimate of drug-likeness (QED) is 0.254. The van der Waals surface area contributed by atoms with Gasteiger partial charge in [-0.15, -0.1) is 0 Å². The van der Waals surface area contributed by atoms with E-state index in [0.29, 0.717) is 31.1 Å². The Bertz CT molecular complexity index is 1180. The van der Waals surface area contributed by atoms with Crippen LogP contribution >= 0.6 is 0 Å². The van der Waals surface area contributed by atoms with Crippen molar-refractivity contribution in [3.63, 3.8) is 0 Å². The Balaban J connectivity index is 0.000000611. The van der Waals surface area contributed by atoms with Crippen molar-refractivity contribution >= 4 is 27.9 Å². The number of carbonyl (C=O) groups excluding carboxylic acids is 1.